The van der Waals surface area contributed by atoms with E-state index in [0.717, 1.165) is 6.42 Å². The standard InChI is InChI=1S/C21H25.2ClH.Ti/c1-20(2,3)16-9-7-14-11-15-8-10-17(21(4,5)6)13-19(15)18(14)12-16;;;/h7,9-10,12-13H,11H2,1-6H3;2*1H;/q-1;;;+3/p-2. The molecule has 0 aromatic heterocycles. The van der Waals surface area contributed by atoms with E-state index in [9.17, 15) is 0 Å². The zero-order valence-electron chi connectivity index (χ0n) is 15.3. The van der Waals surface area contributed by atoms with Crippen LogP contribution in [0.5, 0.6) is 0 Å². The second kappa shape index (κ2) is 7.96. The van der Waals surface area contributed by atoms with Crippen LogP contribution in [0.4, 0.5) is 0 Å². The van der Waals surface area contributed by atoms with Crippen molar-refractivity contribution in [2.24, 2.45) is 0 Å². The van der Waals surface area contributed by atoms with Gasteiger partial charge in [0.05, 0.1) is 0 Å². The molecule has 127 valence electrons. The SMILES string of the molecule is CC(C)(C)c1c[c-]c2c(c1)-c1cc(C(C)(C)C)ccc1C2.[Cl-].[Cl-].[Ti+3]. The van der Waals surface area contributed by atoms with Crippen LogP contribution in [-0.4, -0.2) is 0 Å². The molecule has 0 bridgehead atoms. The number of hydrogen-bond acceptors (Lipinski definition) is 0. The summed E-state index contributed by atoms with van der Waals surface area (Å²) in [5, 5.41) is 0. The van der Waals surface area contributed by atoms with Crippen molar-refractivity contribution < 1.29 is 46.5 Å². The van der Waals surface area contributed by atoms with Crippen molar-refractivity contribution >= 4 is 0 Å². The summed E-state index contributed by atoms with van der Waals surface area (Å²) in [5.41, 5.74) is 8.76. The first-order valence-corrected chi connectivity index (χ1v) is 7.85. The summed E-state index contributed by atoms with van der Waals surface area (Å²) in [6.45, 7) is 13.6. The number of halogens is 2. The summed E-state index contributed by atoms with van der Waals surface area (Å²) in [6, 6.07) is 15.1. The minimum absolute atomic E-state index is 0. The zero-order chi connectivity index (χ0) is 15.4. The Morgan fingerprint density at radius 2 is 1.33 bits per heavy atom. The van der Waals surface area contributed by atoms with Gasteiger partial charge < -0.3 is 24.8 Å². The molecule has 0 saturated carbocycles. The van der Waals surface area contributed by atoms with Crippen molar-refractivity contribution in [3.8, 4) is 11.1 Å². The van der Waals surface area contributed by atoms with Crippen LogP contribution in [0.2, 0.25) is 0 Å². The van der Waals surface area contributed by atoms with Gasteiger partial charge >= 0.3 is 21.7 Å². The van der Waals surface area contributed by atoms with Crippen LogP contribution in [0.3, 0.4) is 0 Å². The van der Waals surface area contributed by atoms with Crippen LogP contribution in [0.15, 0.2) is 30.3 Å². The van der Waals surface area contributed by atoms with Crippen molar-refractivity contribution in [2.75, 3.05) is 0 Å². The van der Waals surface area contributed by atoms with Gasteiger partial charge in [0.2, 0.25) is 0 Å². The molecule has 2 aromatic carbocycles. The van der Waals surface area contributed by atoms with Crippen molar-refractivity contribution in [3.63, 3.8) is 0 Å². The molecule has 1 aliphatic rings. The van der Waals surface area contributed by atoms with Gasteiger partial charge in [0.25, 0.3) is 0 Å². The summed E-state index contributed by atoms with van der Waals surface area (Å²) in [5.74, 6) is 0. The maximum Gasteiger partial charge on any atom is 3.00 e. The molecule has 0 unspecified atom stereocenters. The Morgan fingerprint density at radius 1 is 0.792 bits per heavy atom. The van der Waals surface area contributed by atoms with E-state index in [1.165, 1.54) is 33.4 Å². The van der Waals surface area contributed by atoms with Gasteiger partial charge in [-0.2, -0.15) is 29.3 Å². The van der Waals surface area contributed by atoms with E-state index in [4.69, 9.17) is 0 Å². The molecule has 3 heteroatoms. The number of benzene rings is 2. The quantitative estimate of drug-likeness (QED) is 0.361. The van der Waals surface area contributed by atoms with Gasteiger partial charge in [0.1, 0.15) is 0 Å². The molecule has 0 amide bonds. The fraction of sp³-hybridized carbons (Fsp3) is 0.429. The molecule has 0 fully saturated rings. The molecule has 2 aromatic rings. The van der Waals surface area contributed by atoms with Crippen molar-refractivity contribution in [1.29, 1.82) is 0 Å². The minimum Gasteiger partial charge on any atom is -1.00 e. The average Bonchev–Trinajstić information content (AvgIpc) is 2.73. The monoisotopic (exact) mass is 395 g/mol. The maximum absolute atomic E-state index is 3.53. The predicted octanol–water partition coefficient (Wildman–Crippen LogP) is -0.342. The Bertz CT molecular complexity index is 645. The van der Waals surface area contributed by atoms with Crippen LogP contribution in [0.25, 0.3) is 11.1 Å². The number of fused-ring (bicyclic) bond motifs is 3. The number of rotatable bonds is 0. The molecule has 0 spiro atoms. The molecule has 3 rings (SSSR count). The predicted molar refractivity (Wildman–Crippen MR) is 90.9 cm³/mol. The van der Waals surface area contributed by atoms with Crippen LogP contribution < -0.4 is 24.8 Å². The van der Waals surface area contributed by atoms with E-state index in [2.05, 4.69) is 77.9 Å². The first-order valence-electron chi connectivity index (χ1n) is 7.85. The summed E-state index contributed by atoms with van der Waals surface area (Å²) in [7, 11) is 0. The smallest absolute Gasteiger partial charge is 1.00 e. The van der Waals surface area contributed by atoms with Gasteiger partial charge in [-0.05, 0) is 17.4 Å². The van der Waals surface area contributed by atoms with Gasteiger partial charge in [0.15, 0.2) is 0 Å². The summed E-state index contributed by atoms with van der Waals surface area (Å²) in [4.78, 5) is 0. The molecule has 1 aliphatic carbocycles. The third-order valence-corrected chi connectivity index (χ3v) is 4.53. The second-order valence-corrected chi connectivity index (χ2v) is 8.33. The molecule has 0 N–H and O–H groups in total. The molecule has 0 saturated heterocycles. The Kier molecular flexibility index (Phi) is 7.87. The molecule has 24 heavy (non-hydrogen) atoms. The van der Waals surface area contributed by atoms with Gasteiger partial charge in [0, 0.05) is 0 Å². The fourth-order valence-corrected chi connectivity index (χ4v) is 2.98. The first kappa shape index (κ1) is 23.7. The van der Waals surface area contributed by atoms with E-state index >= 15 is 0 Å². The van der Waals surface area contributed by atoms with Crippen molar-refractivity contribution in [1.82, 2.24) is 0 Å². The van der Waals surface area contributed by atoms with E-state index in [-0.39, 0.29) is 57.4 Å². The van der Waals surface area contributed by atoms with Crippen molar-refractivity contribution in [2.45, 2.75) is 58.8 Å². The molecule has 0 heterocycles. The van der Waals surface area contributed by atoms with Gasteiger partial charge in [-0.1, -0.05) is 76.3 Å². The van der Waals surface area contributed by atoms with Gasteiger partial charge in [-0.3, -0.25) is 0 Å². The Balaban J connectivity index is 0.00000176. The van der Waals surface area contributed by atoms with E-state index in [1.54, 1.807) is 0 Å². The Morgan fingerprint density at radius 3 is 1.88 bits per heavy atom. The topological polar surface area (TPSA) is 0 Å². The Hall–Kier alpha value is -0.266. The average molecular weight is 396 g/mol. The molecule has 0 atom stereocenters. The van der Waals surface area contributed by atoms with Crippen LogP contribution in [-0.2, 0) is 39.0 Å². The zero-order valence-corrected chi connectivity index (χ0v) is 18.4. The molecular formula is C21H25Cl2Ti. The van der Waals surface area contributed by atoms with Crippen molar-refractivity contribution in [3.05, 3.63) is 58.7 Å². The normalized spacial score (nSPS) is 12.2. The van der Waals surface area contributed by atoms with Gasteiger partial charge in [-0.15, -0.1) is 5.56 Å². The van der Waals surface area contributed by atoms with Gasteiger partial charge in [-0.25, -0.2) is 0 Å². The summed E-state index contributed by atoms with van der Waals surface area (Å²) >= 11 is 0. The third-order valence-electron chi connectivity index (χ3n) is 4.53. The molecule has 0 aliphatic heterocycles. The van der Waals surface area contributed by atoms with E-state index in [1.807, 2.05) is 0 Å². The van der Waals surface area contributed by atoms with E-state index < -0.39 is 0 Å². The largest absolute Gasteiger partial charge is 3.00 e. The van der Waals surface area contributed by atoms with Crippen LogP contribution in [0, 0.1) is 6.07 Å². The van der Waals surface area contributed by atoms with Crippen LogP contribution in [0.1, 0.15) is 63.8 Å². The Labute approximate surface area is 174 Å². The van der Waals surface area contributed by atoms with E-state index in [0.29, 0.717) is 0 Å². The molecule has 1 radical (unpaired) electrons. The summed E-state index contributed by atoms with van der Waals surface area (Å²) in [6.07, 6.45) is 1.03. The maximum atomic E-state index is 3.53. The third kappa shape index (κ3) is 4.47. The summed E-state index contributed by atoms with van der Waals surface area (Å²) < 4.78 is 0. The molecular weight excluding hydrogens is 371 g/mol. The first-order chi connectivity index (χ1) is 9.66. The minimum atomic E-state index is 0. The molecule has 0 nitrogen and oxygen atoms in total. The number of hydrogen-bond donors (Lipinski definition) is 0. The second-order valence-electron chi connectivity index (χ2n) is 8.33. The fourth-order valence-electron chi connectivity index (χ4n) is 2.98. The van der Waals surface area contributed by atoms with Crippen LogP contribution >= 0.6 is 0 Å².